The van der Waals surface area contributed by atoms with Crippen molar-refractivity contribution in [3.8, 4) is 0 Å². The van der Waals surface area contributed by atoms with E-state index in [1.54, 1.807) is 19.2 Å². The minimum atomic E-state index is -0.378. The second-order valence-electron chi connectivity index (χ2n) is 6.62. The van der Waals surface area contributed by atoms with Crippen molar-refractivity contribution < 1.29 is 4.92 Å². The fourth-order valence-corrected chi connectivity index (χ4v) is 3.32. The lowest BCUT2D eigenvalue weighted by molar-refractivity contribution is -0.384. The highest BCUT2D eigenvalue weighted by Crippen LogP contribution is 2.19. The number of nitro benzene ring substituents is 1. The minimum absolute atomic E-state index is 0.100. The third-order valence-electron chi connectivity index (χ3n) is 4.69. The monoisotopic (exact) mass is 367 g/mol. The van der Waals surface area contributed by atoms with E-state index in [-0.39, 0.29) is 10.6 Å². The van der Waals surface area contributed by atoms with Gasteiger partial charge >= 0.3 is 0 Å². The Morgan fingerprint density at radius 3 is 2.81 bits per heavy atom. The standard InChI is InChI=1S/C20H25N5O2/c1-21-20(22-14-16-7-5-11-19(13-16)25(26)27)23-17-8-6-12-24(15-17)18-9-3-2-4-10-18/h2-5,7,9-11,13,17H,6,8,12,14-15H2,1H3,(H2,21,22,23). The predicted molar refractivity (Wildman–Crippen MR) is 108 cm³/mol. The van der Waals surface area contributed by atoms with E-state index in [0.717, 1.165) is 31.5 Å². The SMILES string of the molecule is CN=C(NCc1cccc([N+](=O)[O-])c1)NC1CCCN(c2ccccc2)C1. The Labute approximate surface area is 159 Å². The van der Waals surface area contributed by atoms with E-state index in [1.165, 1.54) is 11.8 Å². The molecule has 7 nitrogen and oxygen atoms in total. The molecular weight excluding hydrogens is 342 g/mol. The maximum atomic E-state index is 10.9. The molecule has 0 bridgehead atoms. The number of nitrogens with one attached hydrogen (secondary N) is 2. The van der Waals surface area contributed by atoms with Crippen LogP contribution < -0.4 is 15.5 Å². The van der Waals surface area contributed by atoms with Gasteiger partial charge in [-0.05, 0) is 30.5 Å². The van der Waals surface area contributed by atoms with Crippen LogP contribution in [0, 0.1) is 10.1 Å². The molecule has 1 unspecified atom stereocenters. The lowest BCUT2D eigenvalue weighted by atomic mass is 10.0. The number of guanidine groups is 1. The first-order chi connectivity index (χ1) is 13.2. The van der Waals surface area contributed by atoms with Crippen molar-refractivity contribution in [2.24, 2.45) is 4.99 Å². The van der Waals surface area contributed by atoms with E-state index in [1.807, 2.05) is 12.1 Å². The van der Waals surface area contributed by atoms with Gasteiger partial charge in [-0.1, -0.05) is 30.3 Å². The zero-order valence-electron chi connectivity index (χ0n) is 15.5. The van der Waals surface area contributed by atoms with Crippen LogP contribution in [0.5, 0.6) is 0 Å². The van der Waals surface area contributed by atoms with E-state index in [4.69, 9.17) is 0 Å². The number of nitro groups is 1. The molecule has 2 N–H and O–H groups in total. The Kier molecular flexibility index (Phi) is 6.25. The molecule has 27 heavy (non-hydrogen) atoms. The Hall–Kier alpha value is -3.09. The highest BCUT2D eigenvalue weighted by molar-refractivity contribution is 5.80. The average molecular weight is 367 g/mol. The summed E-state index contributed by atoms with van der Waals surface area (Å²) in [6.07, 6.45) is 2.20. The first kappa shape index (κ1) is 18.7. The lowest BCUT2D eigenvalue weighted by Gasteiger charge is -2.35. The van der Waals surface area contributed by atoms with Crippen molar-refractivity contribution in [3.63, 3.8) is 0 Å². The summed E-state index contributed by atoms with van der Waals surface area (Å²) in [4.78, 5) is 17.2. The number of para-hydroxylation sites is 1. The van der Waals surface area contributed by atoms with Gasteiger partial charge in [-0.15, -0.1) is 0 Å². The highest BCUT2D eigenvalue weighted by Gasteiger charge is 2.20. The van der Waals surface area contributed by atoms with Gasteiger partial charge in [-0.3, -0.25) is 15.1 Å². The number of aliphatic imine (C=N–C) groups is 1. The van der Waals surface area contributed by atoms with E-state index in [0.29, 0.717) is 18.5 Å². The van der Waals surface area contributed by atoms with E-state index < -0.39 is 0 Å². The molecule has 0 spiro atoms. The van der Waals surface area contributed by atoms with E-state index >= 15 is 0 Å². The van der Waals surface area contributed by atoms with Crippen molar-refractivity contribution in [1.29, 1.82) is 0 Å². The number of non-ortho nitro benzene ring substituents is 1. The summed E-state index contributed by atoms with van der Waals surface area (Å²) < 4.78 is 0. The molecule has 0 aromatic heterocycles. The summed E-state index contributed by atoms with van der Waals surface area (Å²) in [5.74, 6) is 0.710. The van der Waals surface area contributed by atoms with Gasteiger partial charge in [0.2, 0.25) is 0 Å². The third-order valence-corrected chi connectivity index (χ3v) is 4.69. The quantitative estimate of drug-likeness (QED) is 0.367. The second-order valence-corrected chi connectivity index (χ2v) is 6.62. The van der Waals surface area contributed by atoms with Crippen molar-refractivity contribution >= 4 is 17.3 Å². The maximum Gasteiger partial charge on any atom is 0.269 e. The number of benzene rings is 2. The number of anilines is 1. The van der Waals surface area contributed by atoms with Gasteiger partial charge in [0.05, 0.1) is 4.92 Å². The second kappa shape index (κ2) is 9.02. The Balaban J connectivity index is 1.55. The van der Waals surface area contributed by atoms with Gasteiger partial charge in [0.15, 0.2) is 5.96 Å². The zero-order chi connectivity index (χ0) is 19.1. The molecule has 1 heterocycles. The van der Waals surface area contributed by atoms with Crippen LogP contribution in [0.15, 0.2) is 59.6 Å². The molecule has 1 aliphatic rings. The number of nitrogens with zero attached hydrogens (tertiary/aromatic N) is 3. The fourth-order valence-electron chi connectivity index (χ4n) is 3.32. The molecule has 0 radical (unpaired) electrons. The molecule has 1 aliphatic heterocycles. The number of rotatable bonds is 5. The summed E-state index contributed by atoms with van der Waals surface area (Å²) >= 11 is 0. The van der Waals surface area contributed by atoms with Crippen LogP contribution in [0.2, 0.25) is 0 Å². The summed E-state index contributed by atoms with van der Waals surface area (Å²) in [5, 5.41) is 17.6. The number of piperidine rings is 1. The number of hydrogen-bond donors (Lipinski definition) is 2. The largest absolute Gasteiger partial charge is 0.369 e. The van der Waals surface area contributed by atoms with Crippen LogP contribution in [-0.4, -0.2) is 37.1 Å². The fraction of sp³-hybridized carbons (Fsp3) is 0.350. The van der Waals surface area contributed by atoms with Crippen molar-refractivity contribution in [2.45, 2.75) is 25.4 Å². The summed E-state index contributed by atoms with van der Waals surface area (Å²) in [6.45, 7) is 2.46. The van der Waals surface area contributed by atoms with Crippen LogP contribution in [-0.2, 0) is 6.54 Å². The Morgan fingerprint density at radius 2 is 2.07 bits per heavy atom. The molecule has 2 aromatic rings. The third kappa shape index (κ3) is 5.20. The molecule has 0 aliphatic carbocycles. The van der Waals surface area contributed by atoms with Crippen LogP contribution in [0.25, 0.3) is 0 Å². The molecule has 142 valence electrons. The molecule has 1 saturated heterocycles. The molecule has 2 aromatic carbocycles. The predicted octanol–water partition coefficient (Wildman–Crippen LogP) is 2.93. The van der Waals surface area contributed by atoms with Gasteiger partial charge in [-0.2, -0.15) is 0 Å². The topological polar surface area (TPSA) is 82.8 Å². The minimum Gasteiger partial charge on any atom is -0.369 e. The lowest BCUT2D eigenvalue weighted by Crippen LogP contribution is -2.51. The van der Waals surface area contributed by atoms with Gasteiger partial charge in [0, 0.05) is 50.5 Å². The zero-order valence-corrected chi connectivity index (χ0v) is 15.5. The van der Waals surface area contributed by atoms with Crippen LogP contribution >= 0.6 is 0 Å². The van der Waals surface area contributed by atoms with Crippen molar-refractivity contribution in [2.75, 3.05) is 25.0 Å². The maximum absolute atomic E-state index is 10.9. The Bertz CT molecular complexity index is 794. The summed E-state index contributed by atoms with van der Waals surface area (Å²) in [5.41, 5.74) is 2.19. The molecule has 1 atom stereocenters. The normalized spacial score (nSPS) is 17.4. The first-order valence-electron chi connectivity index (χ1n) is 9.16. The molecule has 1 fully saturated rings. The Morgan fingerprint density at radius 1 is 1.26 bits per heavy atom. The summed E-state index contributed by atoms with van der Waals surface area (Å²) in [7, 11) is 1.74. The highest BCUT2D eigenvalue weighted by atomic mass is 16.6. The van der Waals surface area contributed by atoms with Crippen LogP contribution in [0.3, 0.4) is 0 Å². The molecule has 0 saturated carbocycles. The molecule has 7 heteroatoms. The molecule has 3 rings (SSSR count). The van der Waals surface area contributed by atoms with Crippen molar-refractivity contribution in [1.82, 2.24) is 10.6 Å². The van der Waals surface area contributed by atoms with Gasteiger partial charge in [0.1, 0.15) is 0 Å². The number of hydrogen-bond acceptors (Lipinski definition) is 4. The molecule has 0 amide bonds. The van der Waals surface area contributed by atoms with Crippen molar-refractivity contribution in [3.05, 3.63) is 70.3 Å². The summed E-state index contributed by atoms with van der Waals surface area (Å²) in [6, 6.07) is 17.4. The van der Waals surface area contributed by atoms with Gasteiger partial charge < -0.3 is 15.5 Å². The van der Waals surface area contributed by atoms with E-state index in [2.05, 4.69) is 44.8 Å². The van der Waals surface area contributed by atoms with Crippen LogP contribution in [0.1, 0.15) is 18.4 Å². The van der Waals surface area contributed by atoms with Gasteiger partial charge in [0.25, 0.3) is 5.69 Å². The van der Waals surface area contributed by atoms with E-state index in [9.17, 15) is 10.1 Å². The smallest absolute Gasteiger partial charge is 0.269 e. The average Bonchev–Trinajstić information content (AvgIpc) is 2.72. The molecular formula is C20H25N5O2. The van der Waals surface area contributed by atoms with Crippen LogP contribution in [0.4, 0.5) is 11.4 Å². The van der Waals surface area contributed by atoms with Gasteiger partial charge in [-0.25, -0.2) is 0 Å². The first-order valence-corrected chi connectivity index (χ1v) is 9.16.